The second-order valence-corrected chi connectivity index (χ2v) is 6.64. The van der Waals surface area contributed by atoms with E-state index in [-0.39, 0.29) is 23.8 Å². The van der Waals surface area contributed by atoms with Gasteiger partial charge < -0.3 is 4.90 Å². The number of thiophene rings is 1. The van der Waals surface area contributed by atoms with Crippen molar-refractivity contribution in [1.82, 2.24) is 9.80 Å². The summed E-state index contributed by atoms with van der Waals surface area (Å²) in [5.74, 6) is -0.527. The van der Waals surface area contributed by atoms with Gasteiger partial charge in [0, 0.05) is 13.1 Å². The summed E-state index contributed by atoms with van der Waals surface area (Å²) in [7, 11) is 0. The first-order valence-corrected chi connectivity index (χ1v) is 8.34. The van der Waals surface area contributed by atoms with E-state index in [1.54, 1.807) is 35.2 Å². The molecule has 3 heterocycles. The number of hydrogen-bond donors (Lipinski definition) is 0. The van der Waals surface area contributed by atoms with Crippen LogP contribution in [-0.4, -0.2) is 46.7 Å². The van der Waals surface area contributed by atoms with Crippen LogP contribution in [0.15, 0.2) is 41.8 Å². The molecule has 0 spiro atoms. The molecule has 0 aliphatic carbocycles. The van der Waals surface area contributed by atoms with E-state index in [1.165, 1.54) is 16.2 Å². The van der Waals surface area contributed by atoms with Crippen molar-refractivity contribution in [3.8, 4) is 0 Å². The van der Waals surface area contributed by atoms with Crippen LogP contribution in [0.3, 0.4) is 0 Å². The number of imide groups is 1. The molecule has 4 rings (SSSR count). The highest BCUT2D eigenvalue weighted by Gasteiger charge is 2.42. The molecule has 2 aliphatic rings. The number of carbonyl (C=O) groups is 3. The molecule has 1 aromatic carbocycles. The molecule has 2 aromatic rings. The SMILES string of the molecule is O=C(c1cccs1)N1CCC(N2C(=O)c3ccccc3C2=O)C1. The number of nitrogens with zero attached hydrogens (tertiary/aromatic N) is 2. The lowest BCUT2D eigenvalue weighted by Crippen LogP contribution is -2.42. The Morgan fingerprint density at radius 2 is 1.74 bits per heavy atom. The zero-order chi connectivity index (χ0) is 16.0. The Kier molecular flexibility index (Phi) is 3.27. The molecule has 1 fully saturated rings. The van der Waals surface area contributed by atoms with Gasteiger partial charge in [0.05, 0.1) is 22.0 Å². The van der Waals surface area contributed by atoms with E-state index in [0.717, 1.165) is 0 Å². The lowest BCUT2D eigenvalue weighted by molar-refractivity contribution is 0.0575. The Balaban J connectivity index is 1.54. The highest BCUT2D eigenvalue weighted by molar-refractivity contribution is 7.12. The summed E-state index contributed by atoms with van der Waals surface area (Å²) in [6, 6.07) is 10.3. The maximum absolute atomic E-state index is 12.5. The molecule has 2 aliphatic heterocycles. The molecule has 3 amide bonds. The van der Waals surface area contributed by atoms with Gasteiger partial charge >= 0.3 is 0 Å². The van der Waals surface area contributed by atoms with Crippen molar-refractivity contribution in [1.29, 1.82) is 0 Å². The zero-order valence-corrected chi connectivity index (χ0v) is 13.1. The molecule has 1 aromatic heterocycles. The number of carbonyl (C=O) groups excluding carboxylic acids is 3. The summed E-state index contributed by atoms with van der Waals surface area (Å²) in [6.45, 7) is 0.969. The maximum Gasteiger partial charge on any atom is 0.263 e. The minimum absolute atomic E-state index is 0.0286. The number of hydrogen-bond acceptors (Lipinski definition) is 4. The molecular weight excluding hydrogens is 312 g/mol. The molecule has 0 bridgehead atoms. The largest absolute Gasteiger partial charge is 0.336 e. The van der Waals surface area contributed by atoms with E-state index in [1.807, 2.05) is 11.4 Å². The third-order valence-corrected chi connectivity index (χ3v) is 5.23. The highest BCUT2D eigenvalue weighted by atomic mass is 32.1. The summed E-state index contributed by atoms with van der Waals surface area (Å²) in [5.41, 5.74) is 0.918. The lowest BCUT2D eigenvalue weighted by Gasteiger charge is -2.22. The highest BCUT2D eigenvalue weighted by Crippen LogP contribution is 2.28. The molecular formula is C17H14N2O3S. The smallest absolute Gasteiger partial charge is 0.263 e. The fourth-order valence-electron chi connectivity index (χ4n) is 3.23. The van der Waals surface area contributed by atoms with E-state index in [0.29, 0.717) is 35.5 Å². The first-order chi connectivity index (χ1) is 11.2. The average Bonchev–Trinajstić information content (AvgIpc) is 3.29. The summed E-state index contributed by atoms with van der Waals surface area (Å²) < 4.78 is 0. The van der Waals surface area contributed by atoms with Gasteiger partial charge in [0.25, 0.3) is 17.7 Å². The minimum atomic E-state index is -0.249. The Morgan fingerprint density at radius 1 is 1.04 bits per heavy atom. The predicted molar refractivity (Wildman–Crippen MR) is 85.6 cm³/mol. The van der Waals surface area contributed by atoms with Crippen molar-refractivity contribution in [2.24, 2.45) is 0 Å². The van der Waals surface area contributed by atoms with Gasteiger partial charge in [-0.05, 0) is 30.0 Å². The predicted octanol–water partition coefficient (Wildman–Crippen LogP) is 2.26. The molecule has 0 N–H and O–H groups in total. The maximum atomic E-state index is 12.5. The summed E-state index contributed by atoms with van der Waals surface area (Å²) in [4.78, 5) is 41.1. The fourth-order valence-corrected chi connectivity index (χ4v) is 3.92. The molecule has 1 unspecified atom stereocenters. The van der Waals surface area contributed by atoms with Crippen LogP contribution in [0.25, 0.3) is 0 Å². The topological polar surface area (TPSA) is 57.7 Å². The van der Waals surface area contributed by atoms with Crippen molar-refractivity contribution in [3.05, 3.63) is 57.8 Å². The van der Waals surface area contributed by atoms with Gasteiger partial charge in [0.1, 0.15) is 0 Å². The molecule has 5 nitrogen and oxygen atoms in total. The van der Waals surface area contributed by atoms with E-state index in [4.69, 9.17) is 0 Å². The molecule has 1 saturated heterocycles. The summed E-state index contributed by atoms with van der Waals surface area (Å²) in [5, 5.41) is 1.87. The van der Waals surface area contributed by atoms with Crippen LogP contribution in [0, 0.1) is 0 Å². The van der Waals surface area contributed by atoms with Crippen molar-refractivity contribution in [2.75, 3.05) is 13.1 Å². The van der Waals surface area contributed by atoms with Crippen LogP contribution < -0.4 is 0 Å². The molecule has 0 radical (unpaired) electrons. The van der Waals surface area contributed by atoms with Gasteiger partial charge in [-0.3, -0.25) is 19.3 Å². The van der Waals surface area contributed by atoms with Crippen LogP contribution in [0.5, 0.6) is 0 Å². The standard InChI is InChI=1S/C17H14N2O3S/c20-15-12-4-1-2-5-13(12)16(21)19(15)11-7-8-18(10-11)17(22)14-6-3-9-23-14/h1-6,9,11H,7-8,10H2. The van der Waals surface area contributed by atoms with E-state index in [9.17, 15) is 14.4 Å². The van der Waals surface area contributed by atoms with E-state index < -0.39 is 0 Å². The zero-order valence-electron chi connectivity index (χ0n) is 12.3. The lowest BCUT2D eigenvalue weighted by atomic mass is 10.1. The van der Waals surface area contributed by atoms with Gasteiger partial charge in [-0.1, -0.05) is 18.2 Å². The Labute approximate surface area is 137 Å². The Hall–Kier alpha value is -2.47. The van der Waals surface area contributed by atoms with Gasteiger partial charge in [0.2, 0.25) is 0 Å². The van der Waals surface area contributed by atoms with Crippen molar-refractivity contribution in [2.45, 2.75) is 12.5 Å². The first kappa shape index (κ1) is 14.1. The van der Waals surface area contributed by atoms with Crippen LogP contribution >= 0.6 is 11.3 Å². The Morgan fingerprint density at radius 3 is 2.35 bits per heavy atom. The fraction of sp³-hybridized carbons (Fsp3) is 0.235. The number of benzene rings is 1. The van der Waals surface area contributed by atoms with Gasteiger partial charge in [0.15, 0.2) is 0 Å². The average molecular weight is 326 g/mol. The van der Waals surface area contributed by atoms with Crippen LogP contribution in [0.1, 0.15) is 36.8 Å². The minimum Gasteiger partial charge on any atom is -0.336 e. The molecule has 23 heavy (non-hydrogen) atoms. The third-order valence-electron chi connectivity index (χ3n) is 4.37. The quantitative estimate of drug-likeness (QED) is 0.796. The van der Waals surface area contributed by atoms with Crippen molar-refractivity contribution < 1.29 is 14.4 Å². The van der Waals surface area contributed by atoms with Gasteiger partial charge in [-0.25, -0.2) is 0 Å². The monoisotopic (exact) mass is 326 g/mol. The normalized spacial score (nSPS) is 20.3. The number of likely N-dealkylation sites (tertiary alicyclic amines) is 1. The summed E-state index contributed by atoms with van der Waals surface area (Å²) in [6.07, 6.45) is 0.628. The molecule has 1 atom stereocenters. The van der Waals surface area contributed by atoms with Gasteiger partial charge in [-0.15, -0.1) is 11.3 Å². The number of rotatable bonds is 2. The van der Waals surface area contributed by atoms with Crippen LogP contribution in [0.4, 0.5) is 0 Å². The van der Waals surface area contributed by atoms with Crippen LogP contribution in [0.2, 0.25) is 0 Å². The van der Waals surface area contributed by atoms with E-state index in [2.05, 4.69) is 0 Å². The van der Waals surface area contributed by atoms with Crippen molar-refractivity contribution >= 4 is 29.1 Å². The van der Waals surface area contributed by atoms with Crippen molar-refractivity contribution in [3.63, 3.8) is 0 Å². The molecule has 6 heteroatoms. The number of amides is 3. The van der Waals surface area contributed by atoms with Crippen LogP contribution in [-0.2, 0) is 0 Å². The van der Waals surface area contributed by atoms with Gasteiger partial charge in [-0.2, -0.15) is 0 Å². The van der Waals surface area contributed by atoms with E-state index >= 15 is 0 Å². The molecule has 0 saturated carbocycles. The summed E-state index contributed by atoms with van der Waals surface area (Å²) >= 11 is 1.40. The second-order valence-electron chi connectivity index (χ2n) is 5.70. The second kappa shape index (κ2) is 5.31. The number of fused-ring (bicyclic) bond motifs is 1. The first-order valence-electron chi connectivity index (χ1n) is 7.46. The third kappa shape index (κ3) is 2.17. The molecule has 116 valence electrons. The Bertz CT molecular complexity index is 765.